The van der Waals surface area contributed by atoms with Gasteiger partial charge < -0.3 is 9.30 Å². The first-order valence-corrected chi connectivity index (χ1v) is 19.5. The van der Waals surface area contributed by atoms with Gasteiger partial charge in [0.25, 0.3) is 5.56 Å². The largest absolute Gasteiger partial charge is 0.457 e. The molecule has 0 aliphatic rings. The normalized spacial score (nSPS) is 11.3. The van der Waals surface area contributed by atoms with Crippen molar-refractivity contribution >= 4 is 5.97 Å². The lowest BCUT2D eigenvalue weighted by molar-refractivity contribution is 0.0472. The number of carbonyl (C=O) groups is 1. The van der Waals surface area contributed by atoms with Crippen molar-refractivity contribution in [1.29, 1.82) is 0 Å². The zero-order valence-electron chi connectivity index (χ0n) is 32.2. The zero-order valence-corrected chi connectivity index (χ0v) is 32.2. The fourth-order valence-corrected chi connectivity index (χ4v) is 7.34. The Labute approximate surface area is 337 Å². The predicted octanol–water partition coefficient (Wildman–Crippen LogP) is 9.15. The Morgan fingerprint density at radius 3 is 1.83 bits per heavy atom. The van der Waals surface area contributed by atoms with E-state index in [-0.39, 0.29) is 17.7 Å². The first kappa shape index (κ1) is 37.7. The highest BCUT2D eigenvalue weighted by Crippen LogP contribution is 2.40. The zero-order chi connectivity index (χ0) is 39.7. The quantitative estimate of drug-likeness (QED) is 0.0804. The van der Waals surface area contributed by atoms with Crippen LogP contribution in [0.4, 0.5) is 0 Å². The van der Waals surface area contributed by atoms with Crippen molar-refractivity contribution in [3.63, 3.8) is 0 Å². The Kier molecular flexibility index (Phi) is 11.2. The van der Waals surface area contributed by atoms with Gasteiger partial charge in [-0.15, -0.1) is 15.0 Å². The Bertz CT molecular complexity index is 2550. The van der Waals surface area contributed by atoms with Crippen LogP contribution in [-0.2, 0) is 29.8 Å². The summed E-state index contributed by atoms with van der Waals surface area (Å²) in [6.07, 6.45) is 4.30. The number of ether oxygens (including phenoxy) is 1. The Morgan fingerprint density at radius 2 is 1.26 bits per heavy atom. The minimum Gasteiger partial charge on any atom is -0.457 e. The summed E-state index contributed by atoms with van der Waals surface area (Å²) in [4.78, 5) is 32.9. The van der Waals surface area contributed by atoms with Crippen molar-refractivity contribution in [1.82, 2.24) is 29.8 Å². The summed E-state index contributed by atoms with van der Waals surface area (Å²) in [7, 11) is 0. The van der Waals surface area contributed by atoms with E-state index in [4.69, 9.17) is 14.8 Å². The molecule has 286 valence electrons. The molecule has 0 N–H and O–H groups in total. The van der Waals surface area contributed by atoms with Gasteiger partial charge in [0.05, 0.1) is 17.8 Å². The van der Waals surface area contributed by atoms with E-state index in [2.05, 4.69) is 53.6 Å². The van der Waals surface area contributed by atoms with Gasteiger partial charge in [0, 0.05) is 29.1 Å². The van der Waals surface area contributed by atoms with Gasteiger partial charge in [0.1, 0.15) is 6.61 Å². The molecular weight excluding hydrogens is 721 g/mol. The van der Waals surface area contributed by atoms with Crippen molar-refractivity contribution in [2.75, 3.05) is 0 Å². The molecule has 9 nitrogen and oxygen atoms in total. The van der Waals surface area contributed by atoms with Crippen LogP contribution in [-0.4, -0.2) is 35.7 Å². The van der Waals surface area contributed by atoms with Gasteiger partial charge in [0.15, 0.2) is 5.54 Å². The van der Waals surface area contributed by atoms with Crippen LogP contribution < -0.4 is 5.56 Å². The first-order valence-electron chi connectivity index (χ1n) is 19.5. The predicted molar refractivity (Wildman–Crippen MR) is 225 cm³/mol. The monoisotopic (exact) mass is 762 g/mol. The molecule has 0 aliphatic heterocycles. The molecule has 3 heterocycles. The summed E-state index contributed by atoms with van der Waals surface area (Å²) in [6.45, 7) is 2.58. The van der Waals surface area contributed by atoms with Gasteiger partial charge in [-0.3, -0.25) is 9.78 Å². The number of rotatable bonds is 14. The summed E-state index contributed by atoms with van der Waals surface area (Å²) in [5, 5.41) is 14.3. The average Bonchev–Trinajstić information content (AvgIpc) is 3.78. The summed E-state index contributed by atoms with van der Waals surface area (Å²) < 4.78 is 7.25. The van der Waals surface area contributed by atoms with Crippen LogP contribution >= 0.6 is 0 Å². The molecule has 0 fully saturated rings. The number of esters is 1. The maximum atomic E-state index is 13.4. The molecule has 0 saturated heterocycles. The first-order chi connectivity index (χ1) is 28.5. The molecule has 0 unspecified atom stereocenters. The highest BCUT2D eigenvalue weighted by Gasteiger charge is 2.41. The average molecular weight is 763 g/mol. The van der Waals surface area contributed by atoms with E-state index >= 15 is 0 Å². The van der Waals surface area contributed by atoms with E-state index in [1.54, 1.807) is 21.6 Å². The number of hydrogen-bond acceptors (Lipinski definition) is 7. The lowest BCUT2D eigenvalue weighted by Crippen LogP contribution is -2.39. The molecule has 0 aliphatic carbocycles. The maximum absolute atomic E-state index is 13.4. The number of benzene rings is 5. The SMILES string of the molecule is CCCCc1cc(C(=O)OCc2ccccc2)cc(=O)n1Cc1ccc(-c2ccc(-c3nnn(C(c4ccccc4)(c4ccccc4)c4ccccc4)n3)cc2)nc1. The van der Waals surface area contributed by atoms with E-state index < -0.39 is 11.5 Å². The number of aromatic nitrogens is 6. The van der Waals surface area contributed by atoms with Crippen LogP contribution in [0.3, 0.4) is 0 Å². The summed E-state index contributed by atoms with van der Waals surface area (Å²) in [6, 6.07) is 55.3. The highest BCUT2D eigenvalue weighted by atomic mass is 16.5. The van der Waals surface area contributed by atoms with Gasteiger partial charge in [0.2, 0.25) is 5.82 Å². The molecular formula is C49H42N6O3. The molecule has 8 aromatic rings. The van der Waals surface area contributed by atoms with E-state index in [1.165, 1.54) is 6.07 Å². The van der Waals surface area contributed by atoms with Gasteiger partial charge in [-0.25, -0.2) is 4.79 Å². The van der Waals surface area contributed by atoms with Crippen LogP contribution in [0.25, 0.3) is 22.6 Å². The molecule has 5 aromatic carbocycles. The Hall–Kier alpha value is -7.26. The number of nitrogens with zero attached hydrogens (tertiary/aromatic N) is 6. The third-order valence-corrected chi connectivity index (χ3v) is 10.3. The van der Waals surface area contributed by atoms with Crippen molar-refractivity contribution in [3.8, 4) is 22.6 Å². The second-order valence-electron chi connectivity index (χ2n) is 14.2. The van der Waals surface area contributed by atoms with Crippen molar-refractivity contribution in [3.05, 3.63) is 225 Å². The minimum atomic E-state index is -0.862. The Balaban J connectivity index is 1.02. The van der Waals surface area contributed by atoms with E-state index in [1.807, 2.05) is 121 Å². The van der Waals surface area contributed by atoms with Crippen LogP contribution in [0.15, 0.2) is 181 Å². The summed E-state index contributed by atoms with van der Waals surface area (Å²) >= 11 is 0. The molecule has 8 rings (SSSR count). The molecule has 3 aromatic heterocycles. The molecule has 9 heteroatoms. The standard InChI is InChI=1S/C49H42N6O3/c1-2-3-24-44-31-40(48(57)58-35-36-16-8-4-9-17-36)32-46(56)54(44)34-37-25-30-45(50-33-37)38-26-28-39(29-27-38)47-51-53-55(52-47)49(41-18-10-5-11-19-41,42-20-12-6-13-21-42)43-22-14-7-15-23-43/h4-23,25-33H,2-3,24,34-35H2,1H3. The van der Waals surface area contributed by atoms with Crippen LogP contribution in [0, 0.1) is 0 Å². The van der Waals surface area contributed by atoms with Gasteiger partial charge in [-0.05, 0) is 58.0 Å². The molecule has 0 saturated carbocycles. The topological polar surface area (TPSA) is 105 Å². The second kappa shape index (κ2) is 17.3. The number of unbranched alkanes of at least 4 members (excludes halogenated alkanes) is 1. The minimum absolute atomic E-state index is 0.144. The van der Waals surface area contributed by atoms with E-state index in [9.17, 15) is 9.59 Å². The van der Waals surface area contributed by atoms with Crippen molar-refractivity contribution < 1.29 is 9.53 Å². The third kappa shape index (κ3) is 7.88. The smallest absolute Gasteiger partial charge is 0.338 e. The summed E-state index contributed by atoms with van der Waals surface area (Å²) in [5.74, 6) is -0.00947. The van der Waals surface area contributed by atoms with Crippen LogP contribution in [0.1, 0.15) is 63.6 Å². The number of tetrazole rings is 1. The van der Waals surface area contributed by atoms with Gasteiger partial charge in [-0.2, -0.15) is 0 Å². The third-order valence-electron chi connectivity index (χ3n) is 10.3. The highest BCUT2D eigenvalue weighted by molar-refractivity contribution is 5.89. The fourth-order valence-electron chi connectivity index (χ4n) is 7.34. The molecule has 0 atom stereocenters. The fraction of sp³-hybridized carbons (Fsp3) is 0.143. The number of aryl methyl sites for hydroxylation is 1. The molecule has 0 spiro atoms. The lowest BCUT2D eigenvalue weighted by atomic mass is 9.77. The maximum Gasteiger partial charge on any atom is 0.338 e. The second-order valence-corrected chi connectivity index (χ2v) is 14.2. The molecule has 0 amide bonds. The Morgan fingerprint density at radius 1 is 0.672 bits per heavy atom. The van der Waals surface area contributed by atoms with Crippen LogP contribution in [0.5, 0.6) is 0 Å². The summed E-state index contributed by atoms with van der Waals surface area (Å²) in [5.41, 5.74) is 7.28. The van der Waals surface area contributed by atoms with E-state index in [0.717, 1.165) is 63.2 Å². The lowest BCUT2D eigenvalue weighted by Gasteiger charge is -2.34. The molecule has 0 bridgehead atoms. The molecule has 58 heavy (non-hydrogen) atoms. The van der Waals surface area contributed by atoms with E-state index in [0.29, 0.717) is 18.8 Å². The number of carbonyl (C=O) groups excluding carboxylic acids is 1. The van der Waals surface area contributed by atoms with Crippen LogP contribution in [0.2, 0.25) is 0 Å². The van der Waals surface area contributed by atoms with Crippen molar-refractivity contribution in [2.24, 2.45) is 0 Å². The number of hydrogen-bond donors (Lipinski definition) is 0. The van der Waals surface area contributed by atoms with Gasteiger partial charge >= 0.3 is 5.97 Å². The van der Waals surface area contributed by atoms with Crippen molar-refractivity contribution in [2.45, 2.75) is 44.9 Å². The molecule has 0 radical (unpaired) electrons. The number of pyridine rings is 2. The van der Waals surface area contributed by atoms with Gasteiger partial charge in [-0.1, -0.05) is 165 Å².